The number of nitrogens with one attached hydrogen (secondary N) is 1. The normalized spacial score (nSPS) is 13.9. The van der Waals surface area contributed by atoms with Crippen molar-refractivity contribution in [2.24, 2.45) is 0 Å². The quantitative estimate of drug-likeness (QED) is 0.794. The van der Waals surface area contributed by atoms with E-state index in [0.717, 1.165) is 16.9 Å². The maximum absolute atomic E-state index is 12.6. The molecule has 0 saturated heterocycles. The van der Waals surface area contributed by atoms with Gasteiger partial charge in [-0.25, -0.2) is 0 Å². The highest BCUT2D eigenvalue weighted by molar-refractivity contribution is 7.95. The van der Waals surface area contributed by atoms with Gasteiger partial charge in [-0.2, -0.15) is 13.2 Å². The Morgan fingerprint density at radius 2 is 1.67 bits per heavy atom. The van der Waals surface area contributed by atoms with Gasteiger partial charge in [-0.1, -0.05) is 18.2 Å². The largest absolute Gasteiger partial charge is 0.426 e. The van der Waals surface area contributed by atoms with Crippen LogP contribution in [0.4, 0.5) is 18.9 Å². The standard InChI is InChI=1S/C16H14F3NO3S/c1-15(22,16(17,18)19)14(21)20-11-7-9-12(10-8-11)23-24-13-5-3-2-4-6-13/h2-10,22H,1H3,(H,20,21). The molecule has 24 heavy (non-hydrogen) atoms. The van der Waals surface area contributed by atoms with Gasteiger partial charge >= 0.3 is 6.18 Å². The topological polar surface area (TPSA) is 58.6 Å². The first kappa shape index (κ1) is 18.2. The number of hydrogen-bond donors (Lipinski definition) is 2. The molecule has 0 bridgehead atoms. The van der Waals surface area contributed by atoms with Gasteiger partial charge in [0.05, 0.1) is 12.0 Å². The van der Waals surface area contributed by atoms with Crippen LogP contribution in [0.15, 0.2) is 59.5 Å². The van der Waals surface area contributed by atoms with E-state index in [9.17, 15) is 23.1 Å². The number of alkyl halides is 3. The average Bonchev–Trinajstić information content (AvgIpc) is 2.54. The van der Waals surface area contributed by atoms with Crippen LogP contribution in [0.25, 0.3) is 0 Å². The highest BCUT2D eigenvalue weighted by atomic mass is 32.2. The van der Waals surface area contributed by atoms with E-state index in [2.05, 4.69) is 0 Å². The van der Waals surface area contributed by atoms with E-state index in [-0.39, 0.29) is 5.69 Å². The number of carbonyl (C=O) groups excluding carboxylic acids is 1. The minimum Gasteiger partial charge on any atom is -0.421 e. The number of benzene rings is 2. The van der Waals surface area contributed by atoms with E-state index in [1.54, 1.807) is 0 Å². The Labute approximate surface area is 140 Å². The number of rotatable bonds is 5. The molecule has 0 heterocycles. The van der Waals surface area contributed by atoms with Crippen LogP contribution in [0.1, 0.15) is 6.92 Å². The van der Waals surface area contributed by atoms with Gasteiger partial charge < -0.3 is 14.6 Å². The van der Waals surface area contributed by atoms with Gasteiger partial charge in [0, 0.05) is 10.6 Å². The summed E-state index contributed by atoms with van der Waals surface area (Å²) in [4.78, 5) is 12.4. The molecule has 0 fully saturated rings. The minimum atomic E-state index is -5.06. The second-order valence-electron chi connectivity index (χ2n) is 5.03. The van der Waals surface area contributed by atoms with E-state index in [1.165, 1.54) is 24.3 Å². The Balaban J connectivity index is 1.96. The van der Waals surface area contributed by atoms with Crippen molar-refractivity contribution < 1.29 is 27.3 Å². The molecule has 8 heteroatoms. The molecule has 2 aromatic rings. The summed E-state index contributed by atoms with van der Waals surface area (Å²) < 4.78 is 43.2. The van der Waals surface area contributed by atoms with Crippen molar-refractivity contribution in [3.63, 3.8) is 0 Å². The third-order valence-corrected chi connectivity index (χ3v) is 3.82. The minimum absolute atomic E-state index is 0.113. The summed E-state index contributed by atoms with van der Waals surface area (Å²) in [6.07, 6.45) is -5.06. The van der Waals surface area contributed by atoms with E-state index in [4.69, 9.17) is 4.18 Å². The Hall–Kier alpha value is -2.19. The summed E-state index contributed by atoms with van der Waals surface area (Å²) in [6, 6.07) is 15.1. The Bertz CT molecular complexity index is 688. The lowest BCUT2D eigenvalue weighted by atomic mass is 10.1. The van der Waals surface area contributed by atoms with Crippen LogP contribution < -0.4 is 9.50 Å². The molecule has 0 saturated carbocycles. The fourth-order valence-electron chi connectivity index (χ4n) is 1.55. The molecule has 0 radical (unpaired) electrons. The molecule has 2 N–H and O–H groups in total. The molecular weight excluding hydrogens is 343 g/mol. The summed E-state index contributed by atoms with van der Waals surface area (Å²) in [7, 11) is 0. The molecule has 0 aliphatic heterocycles. The predicted molar refractivity (Wildman–Crippen MR) is 84.7 cm³/mol. The van der Waals surface area contributed by atoms with Gasteiger partial charge in [-0.3, -0.25) is 4.79 Å². The van der Waals surface area contributed by atoms with Crippen LogP contribution in [0, 0.1) is 0 Å². The zero-order chi connectivity index (χ0) is 17.8. The summed E-state index contributed by atoms with van der Waals surface area (Å²) >= 11 is 1.12. The lowest BCUT2D eigenvalue weighted by molar-refractivity contribution is -0.242. The third kappa shape index (κ3) is 4.42. The first-order valence-electron chi connectivity index (χ1n) is 6.80. The van der Waals surface area contributed by atoms with E-state index < -0.39 is 17.7 Å². The van der Waals surface area contributed by atoms with Crippen LogP contribution in [-0.2, 0) is 4.79 Å². The second-order valence-corrected chi connectivity index (χ2v) is 5.83. The molecule has 0 spiro atoms. The van der Waals surface area contributed by atoms with Gasteiger partial charge in [-0.05, 0) is 43.3 Å². The lowest BCUT2D eigenvalue weighted by Crippen LogP contribution is -2.52. The molecular formula is C16H14F3NO3S. The number of hydrogen-bond acceptors (Lipinski definition) is 4. The lowest BCUT2D eigenvalue weighted by Gasteiger charge is -2.24. The predicted octanol–water partition coefficient (Wildman–Crippen LogP) is 4.02. The summed E-state index contributed by atoms with van der Waals surface area (Å²) in [5, 5.41) is 11.3. The Kier molecular flexibility index (Phi) is 5.40. The maximum atomic E-state index is 12.6. The van der Waals surface area contributed by atoms with Crippen LogP contribution in [0.3, 0.4) is 0 Å². The van der Waals surface area contributed by atoms with Gasteiger partial charge in [0.2, 0.25) is 5.60 Å². The Morgan fingerprint density at radius 1 is 1.08 bits per heavy atom. The van der Waals surface area contributed by atoms with E-state index in [0.29, 0.717) is 12.7 Å². The molecule has 1 atom stereocenters. The fraction of sp³-hybridized carbons (Fsp3) is 0.188. The van der Waals surface area contributed by atoms with Crippen LogP contribution in [-0.4, -0.2) is 22.8 Å². The number of halogens is 3. The highest BCUT2D eigenvalue weighted by Gasteiger charge is 2.55. The van der Waals surface area contributed by atoms with Crippen molar-refractivity contribution in [1.82, 2.24) is 0 Å². The average molecular weight is 357 g/mol. The maximum Gasteiger partial charge on any atom is 0.426 e. The molecule has 4 nitrogen and oxygen atoms in total. The molecule has 128 valence electrons. The molecule has 0 aliphatic carbocycles. The number of amides is 1. The summed E-state index contributed by atoms with van der Waals surface area (Å²) in [5.41, 5.74) is -3.35. The smallest absolute Gasteiger partial charge is 0.421 e. The van der Waals surface area contributed by atoms with Crippen LogP contribution >= 0.6 is 12.0 Å². The van der Waals surface area contributed by atoms with Gasteiger partial charge in [0.25, 0.3) is 5.91 Å². The molecule has 2 aromatic carbocycles. The number of carbonyl (C=O) groups is 1. The highest BCUT2D eigenvalue weighted by Crippen LogP contribution is 2.31. The number of aliphatic hydroxyl groups is 1. The monoisotopic (exact) mass is 357 g/mol. The van der Waals surface area contributed by atoms with Crippen LogP contribution in [0.2, 0.25) is 0 Å². The molecule has 0 aliphatic rings. The molecule has 1 unspecified atom stereocenters. The Morgan fingerprint density at radius 3 is 2.21 bits per heavy atom. The van der Waals surface area contributed by atoms with Gasteiger partial charge in [0.1, 0.15) is 5.75 Å². The second kappa shape index (κ2) is 7.14. The molecule has 1 amide bonds. The molecule has 2 rings (SSSR count). The van der Waals surface area contributed by atoms with Crippen molar-refractivity contribution in [2.75, 3.05) is 5.32 Å². The van der Waals surface area contributed by atoms with Crippen LogP contribution in [0.5, 0.6) is 5.75 Å². The zero-order valence-electron chi connectivity index (χ0n) is 12.5. The first-order valence-corrected chi connectivity index (χ1v) is 7.54. The third-order valence-electron chi connectivity index (χ3n) is 3.08. The van der Waals surface area contributed by atoms with E-state index >= 15 is 0 Å². The van der Waals surface area contributed by atoms with E-state index in [1.807, 2.05) is 35.6 Å². The van der Waals surface area contributed by atoms with Gasteiger partial charge in [0.15, 0.2) is 0 Å². The van der Waals surface area contributed by atoms with Crippen molar-refractivity contribution >= 4 is 23.6 Å². The first-order chi connectivity index (χ1) is 11.2. The van der Waals surface area contributed by atoms with Gasteiger partial charge in [-0.15, -0.1) is 0 Å². The van der Waals surface area contributed by atoms with Crippen molar-refractivity contribution in [2.45, 2.75) is 23.6 Å². The van der Waals surface area contributed by atoms with Crippen molar-refractivity contribution in [3.8, 4) is 5.75 Å². The fourth-order valence-corrected chi connectivity index (χ4v) is 2.12. The van der Waals surface area contributed by atoms with Crippen molar-refractivity contribution in [3.05, 3.63) is 54.6 Å². The zero-order valence-corrected chi connectivity index (χ0v) is 13.3. The van der Waals surface area contributed by atoms with Crippen molar-refractivity contribution in [1.29, 1.82) is 0 Å². The number of anilines is 1. The summed E-state index contributed by atoms with van der Waals surface area (Å²) in [5.74, 6) is -1.09. The SMILES string of the molecule is CC(O)(C(=O)Nc1ccc(OSc2ccccc2)cc1)C(F)(F)F. The summed E-state index contributed by atoms with van der Waals surface area (Å²) in [6.45, 7) is 0.399. The molecule has 0 aromatic heterocycles.